The highest BCUT2D eigenvalue weighted by Gasteiger charge is 2.35. The zero-order chi connectivity index (χ0) is 18.0. The first-order valence-corrected chi connectivity index (χ1v) is 9.37. The standard InChI is InChI=1S/C17H19ClN4O2S/c1-3-4-14-20-21-17(25-14)19-16(24)11-7-15(23)22(9-11)12-6-5-10(2)13(18)8-12/h5-6,8,11H,3-4,7,9H2,1-2H3,(H,19,21,24)/t11-/m1/s1. The van der Waals surface area contributed by atoms with Gasteiger partial charge in [-0.05, 0) is 31.0 Å². The lowest BCUT2D eigenvalue weighted by Crippen LogP contribution is -2.28. The maximum absolute atomic E-state index is 12.4. The van der Waals surface area contributed by atoms with Crippen LogP contribution in [0.15, 0.2) is 18.2 Å². The maximum atomic E-state index is 12.4. The van der Waals surface area contributed by atoms with E-state index in [1.165, 1.54) is 11.3 Å². The molecule has 1 aliphatic rings. The van der Waals surface area contributed by atoms with Crippen molar-refractivity contribution in [3.63, 3.8) is 0 Å². The third-order valence-corrected chi connectivity index (χ3v) is 5.43. The molecule has 1 aromatic carbocycles. The molecule has 1 N–H and O–H groups in total. The van der Waals surface area contributed by atoms with Crippen LogP contribution in [0.4, 0.5) is 10.8 Å². The molecule has 0 unspecified atom stereocenters. The van der Waals surface area contributed by atoms with Gasteiger partial charge in [0.25, 0.3) is 0 Å². The number of carbonyl (C=O) groups excluding carboxylic acids is 2. The highest BCUT2D eigenvalue weighted by atomic mass is 35.5. The van der Waals surface area contributed by atoms with Gasteiger partial charge >= 0.3 is 0 Å². The first kappa shape index (κ1) is 17.8. The second kappa shape index (κ2) is 7.49. The van der Waals surface area contributed by atoms with Gasteiger partial charge in [-0.3, -0.25) is 9.59 Å². The van der Waals surface area contributed by atoms with Gasteiger partial charge in [-0.1, -0.05) is 35.9 Å². The summed E-state index contributed by atoms with van der Waals surface area (Å²) in [6.45, 7) is 4.31. The van der Waals surface area contributed by atoms with E-state index in [1.807, 2.05) is 19.1 Å². The van der Waals surface area contributed by atoms with Crippen molar-refractivity contribution in [2.24, 2.45) is 5.92 Å². The minimum Gasteiger partial charge on any atom is -0.312 e. The summed E-state index contributed by atoms with van der Waals surface area (Å²) in [6.07, 6.45) is 2.00. The number of halogens is 1. The number of nitrogens with zero attached hydrogens (tertiary/aromatic N) is 3. The molecule has 0 bridgehead atoms. The van der Waals surface area contributed by atoms with Gasteiger partial charge in [-0.2, -0.15) is 0 Å². The minimum atomic E-state index is -0.411. The predicted octanol–water partition coefficient (Wildman–Crippen LogP) is 3.44. The van der Waals surface area contributed by atoms with E-state index in [2.05, 4.69) is 22.4 Å². The molecule has 2 aromatic rings. The average Bonchev–Trinajstić information content (AvgIpc) is 3.17. The topological polar surface area (TPSA) is 75.2 Å². The Labute approximate surface area is 155 Å². The molecule has 2 amide bonds. The lowest BCUT2D eigenvalue weighted by atomic mass is 10.1. The van der Waals surface area contributed by atoms with Crippen LogP contribution in [0.25, 0.3) is 0 Å². The van der Waals surface area contributed by atoms with Crippen LogP contribution in [0.1, 0.15) is 30.3 Å². The van der Waals surface area contributed by atoms with Crippen molar-refractivity contribution < 1.29 is 9.59 Å². The quantitative estimate of drug-likeness (QED) is 0.864. The normalized spacial score (nSPS) is 17.2. The molecular formula is C17H19ClN4O2S. The van der Waals surface area contributed by atoms with Crippen molar-refractivity contribution in [1.29, 1.82) is 0 Å². The molecule has 0 saturated carbocycles. The van der Waals surface area contributed by atoms with Crippen molar-refractivity contribution in [3.05, 3.63) is 33.8 Å². The van der Waals surface area contributed by atoms with Crippen LogP contribution in [0.2, 0.25) is 5.02 Å². The Balaban J connectivity index is 1.66. The molecule has 8 heteroatoms. The fourth-order valence-electron chi connectivity index (χ4n) is 2.71. The fraction of sp³-hybridized carbons (Fsp3) is 0.412. The van der Waals surface area contributed by atoms with Crippen molar-refractivity contribution in [1.82, 2.24) is 10.2 Å². The summed E-state index contributed by atoms with van der Waals surface area (Å²) >= 11 is 7.52. The number of aryl methyl sites for hydroxylation is 2. The van der Waals surface area contributed by atoms with Gasteiger partial charge in [-0.15, -0.1) is 10.2 Å². The molecule has 3 rings (SSSR count). The predicted molar refractivity (Wildman–Crippen MR) is 99.2 cm³/mol. The van der Waals surface area contributed by atoms with Crippen molar-refractivity contribution in [2.45, 2.75) is 33.1 Å². The Morgan fingerprint density at radius 1 is 1.44 bits per heavy atom. The Hall–Kier alpha value is -1.99. The van der Waals surface area contributed by atoms with Gasteiger partial charge in [0, 0.05) is 30.1 Å². The SMILES string of the molecule is CCCc1nnc(NC(=O)[C@@H]2CC(=O)N(c3ccc(C)c(Cl)c3)C2)s1. The summed E-state index contributed by atoms with van der Waals surface area (Å²) in [7, 11) is 0. The van der Waals surface area contributed by atoms with Crippen LogP contribution in [-0.2, 0) is 16.0 Å². The van der Waals surface area contributed by atoms with E-state index in [0.717, 1.165) is 29.1 Å². The van der Waals surface area contributed by atoms with Crippen LogP contribution < -0.4 is 10.2 Å². The maximum Gasteiger partial charge on any atom is 0.231 e. The Morgan fingerprint density at radius 3 is 2.96 bits per heavy atom. The molecule has 0 aliphatic carbocycles. The summed E-state index contributed by atoms with van der Waals surface area (Å²) in [4.78, 5) is 26.4. The van der Waals surface area contributed by atoms with Crippen molar-refractivity contribution in [2.75, 3.05) is 16.8 Å². The molecule has 0 radical (unpaired) electrons. The van der Waals surface area contributed by atoms with Crippen LogP contribution in [0, 0.1) is 12.8 Å². The van der Waals surface area contributed by atoms with Gasteiger partial charge < -0.3 is 10.2 Å². The van der Waals surface area contributed by atoms with Crippen LogP contribution in [0.3, 0.4) is 0 Å². The van der Waals surface area contributed by atoms with Gasteiger partial charge in [-0.25, -0.2) is 0 Å². The highest BCUT2D eigenvalue weighted by molar-refractivity contribution is 7.15. The molecular weight excluding hydrogens is 360 g/mol. The number of amides is 2. The molecule has 0 spiro atoms. The number of carbonyl (C=O) groups is 2. The van der Waals surface area contributed by atoms with E-state index in [0.29, 0.717) is 16.7 Å². The summed E-state index contributed by atoms with van der Waals surface area (Å²) in [5.41, 5.74) is 1.67. The third kappa shape index (κ3) is 3.99. The second-order valence-corrected chi connectivity index (χ2v) is 7.55. The number of hydrogen-bond donors (Lipinski definition) is 1. The van der Waals surface area contributed by atoms with Crippen LogP contribution >= 0.6 is 22.9 Å². The van der Waals surface area contributed by atoms with E-state index >= 15 is 0 Å². The number of aromatic nitrogens is 2. The molecule has 2 heterocycles. The molecule has 1 aliphatic heterocycles. The van der Waals surface area contributed by atoms with Crippen LogP contribution in [-0.4, -0.2) is 28.6 Å². The molecule has 132 valence electrons. The van der Waals surface area contributed by atoms with E-state index < -0.39 is 5.92 Å². The Morgan fingerprint density at radius 2 is 2.24 bits per heavy atom. The van der Waals surface area contributed by atoms with E-state index in [1.54, 1.807) is 11.0 Å². The molecule has 1 fully saturated rings. The first-order valence-electron chi connectivity index (χ1n) is 8.17. The number of rotatable bonds is 5. The summed E-state index contributed by atoms with van der Waals surface area (Å²) in [6, 6.07) is 5.48. The molecule has 25 heavy (non-hydrogen) atoms. The van der Waals surface area contributed by atoms with Crippen molar-refractivity contribution >= 4 is 45.6 Å². The smallest absolute Gasteiger partial charge is 0.231 e. The zero-order valence-electron chi connectivity index (χ0n) is 14.1. The van der Waals surface area contributed by atoms with Gasteiger partial charge in [0.15, 0.2) is 0 Å². The van der Waals surface area contributed by atoms with E-state index in [-0.39, 0.29) is 18.2 Å². The summed E-state index contributed by atoms with van der Waals surface area (Å²) in [5.74, 6) is -0.691. The highest BCUT2D eigenvalue weighted by Crippen LogP contribution is 2.29. The van der Waals surface area contributed by atoms with E-state index in [9.17, 15) is 9.59 Å². The van der Waals surface area contributed by atoms with E-state index in [4.69, 9.17) is 11.6 Å². The number of hydrogen-bond acceptors (Lipinski definition) is 5. The average molecular weight is 379 g/mol. The molecule has 1 aromatic heterocycles. The second-order valence-electron chi connectivity index (χ2n) is 6.08. The van der Waals surface area contributed by atoms with Crippen molar-refractivity contribution in [3.8, 4) is 0 Å². The monoisotopic (exact) mass is 378 g/mol. The van der Waals surface area contributed by atoms with Gasteiger partial charge in [0.1, 0.15) is 5.01 Å². The third-order valence-electron chi connectivity index (χ3n) is 4.12. The Kier molecular flexibility index (Phi) is 5.34. The number of nitrogens with one attached hydrogen (secondary N) is 1. The zero-order valence-corrected chi connectivity index (χ0v) is 15.7. The summed E-state index contributed by atoms with van der Waals surface area (Å²) < 4.78 is 0. The first-order chi connectivity index (χ1) is 12.0. The van der Waals surface area contributed by atoms with Crippen LogP contribution in [0.5, 0.6) is 0 Å². The summed E-state index contributed by atoms with van der Waals surface area (Å²) in [5, 5.41) is 12.8. The minimum absolute atomic E-state index is 0.0796. The lowest BCUT2D eigenvalue weighted by Gasteiger charge is -2.17. The molecule has 6 nitrogen and oxygen atoms in total. The van der Waals surface area contributed by atoms with Gasteiger partial charge in [0.05, 0.1) is 5.92 Å². The Bertz CT molecular complexity index is 808. The lowest BCUT2D eigenvalue weighted by molar-refractivity contribution is -0.122. The fourth-order valence-corrected chi connectivity index (χ4v) is 3.73. The molecule has 1 saturated heterocycles. The van der Waals surface area contributed by atoms with Gasteiger partial charge in [0.2, 0.25) is 16.9 Å². The number of benzene rings is 1. The largest absolute Gasteiger partial charge is 0.312 e. The number of anilines is 2. The molecule has 1 atom stereocenters.